The van der Waals surface area contributed by atoms with E-state index in [2.05, 4.69) is 9.24 Å². The van der Waals surface area contributed by atoms with Crippen molar-refractivity contribution in [3.05, 3.63) is 41.2 Å². The monoisotopic (exact) mass is 438 g/mol. The van der Waals surface area contributed by atoms with E-state index in [9.17, 15) is 17.8 Å². The predicted molar refractivity (Wildman–Crippen MR) is 114 cm³/mol. The summed E-state index contributed by atoms with van der Waals surface area (Å²) >= 11 is 0. The van der Waals surface area contributed by atoms with Crippen LogP contribution in [-0.2, 0) is 20.5 Å². The van der Waals surface area contributed by atoms with Gasteiger partial charge in [0.15, 0.2) is 5.69 Å². The van der Waals surface area contributed by atoms with Gasteiger partial charge in [0.05, 0.1) is 23.6 Å². The number of halogens is 2. The molecule has 0 aromatic heterocycles. The topological polar surface area (TPSA) is 60.1 Å². The number of hydrogen-bond acceptors (Lipinski definition) is 3. The summed E-state index contributed by atoms with van der Waals surface area (Å²) in [4.78, 5) is 15.5. The van der Waals surface area contributed by atoms with Crippen molar-refractivity contribution in [3.8, 4) is 0 Å². The number of hydrogen-bond donors (Lipinski definition) is 0. The molecular weight excluding hydrogens is 410 g/mol. The zero-order chi connectivity index (χ0) is 22.5. The van der Waals surface area contributed by atoms with Crippen molar-refractivity contribution in [1.29, 1.82) is 0 Å². The highest BCUT2D eigenvalue weighted by Gasteiger charge is 2.49. The highest BCUT2D eigenvalue weighted by Crippen LogP contribution is 2.48. The molecule has 0 unspecified atom stereocenters. The summed E-state index contributed by atoms with van der Waals surface area (Å²) in [5.41, 5.74) is 1.61. The average Bonchev–Trinajstić information content (AvgIpc) is 2.64. The van der Waals surface area contributed by atoms with E-state index in [0.717, 1.165) is 0 Å². The summed E-state index contributed by atoms with van der Waals surface area (Å²) in [5.74, 6) is -3.86. The summed E-state index contributed by atoms with van der Waals surface area (Å²) < 4.78 is 48.6. The molecule has 0 N–H and O–H groups in total. The van der Waals surface area contributed by atoms with Crippen molar-refractivity contribution in [2.45, 2.75) is 64.0 Å². The van der Waals surface area contributed by atoms with E-state index in [1.54, 1.807) is 52.0 Å². The van der Waals surface area contributed by atoms with Gasteiger partial charge in [-0.3, -0.25) is 4.79 Å². The lowest BCUT2D eigenvalue weighted by Gasteiger charge is -2.40. The Balaban J connectivity index is 2.35. The van der Waals surface area contributed by atoms with Crippen molar-refractivity contribution in [1.82, 2.24) is 0 Å². The first kappa shape index (κ1) is 24.1. The summed E-state index contributed by atoms with van der Waals surface area (Å²) in [7, 11) is -1.56. The maximum absolute atomic E-state index is 13.5. The quantitative estimate of drug-likeness (QED) is 0.306. The van der Waals surface area contributed by atoms with Crippen molar-refractivity contribution < 1.29 is 22.5 Å². The van der Waals surface area contributed by atoms with Crippen LogP contribution in [0.15, 0.2) is 28.7 Å². The standard InChI is InChI=1S/C22H28F2N2O3S/c1-6-29-20(27)12-16(17-13-22(23,24)14-17)11-19(26-30(28)21(2,3)4)15-7-9-18(25-5)10-8-15/h7-10,16-17H,6,11-14H2,1-4H3/b26-19-/t16-,30-/m0/s1. The first-order valence-corrected chi connectivity index (χ1v) is 11.1. The van der Waals surface area contributed by atoms with Crippen LogP contribution in [0, 0.1) is 18.4 Å². The lowest BCUT2D eigenvalue weighted by Crippen LogP contribution is -2.41. The molecule has 0 bridgehead atoms. The van der Waals surface area contributed by atoms with Gasteiger partial charge in [-0.25, -0.2) is 17.8 Å². The summed E-state index contributed by atoms with van der Waals surface area (Å²) in [6, 6.07) is 6.69. The molecule has 164 valence electrons. The minimum Gasteiger partial charge on any atom is -0.466 e. The predicted octanol–water partition coefficient (Wildman–Crippen LogP) is 5.49. The van der Waals surface area contributed by atoms with Gasteiger partial charge in [0.25, 0.3) is 0 Å². The molecular formula is C22H28F2N2O3S. The Labute approximate surface area is 179 Å². The summed E-state index contributed by atoms with van der Waals surface area (Å²) in [6.45, 7) is 14.4. The zero-order valence-electron chi connectivity index (χ0n) is 17.8. The van der Waals surface area contributed by atoms with Crippen LogP contribution in [0.25, 0.3) is 4.85 Å². The van der Waals surface area contributed by atoms with Crippen LogP contribution < -0.4 is 0 Å². The number of nitrogens with zero attached hydrogens (tertiary/aromatic N) is 2. The molecule has 1 aliphatic rings. The number of carbonyl (C=O) groups excluding carboxylic acids is 1. The van der Waals surface area contributed by atoms with E-state index < -0.39 is 27.6 Å². The molecule has 8 heteroatoms. The third-order valence-corrected chi connectivity index (χ3v) is 6.46. The number of rotatable bonds is 8. The van der Waals surface area contributed by atoms with Crippen LogP contribution in [0.1, 0.15) is 58.9 Å². The lowest BCUT2D eigenvalue weighted by atomic mass is 9.70. The van der Waals surface area contributed by atoms with Crippen LogP contribution in [0.5, 0.6) is 0 Å². The highest BCUT2D eigenvalue weighted by atomic mass is 32.2. The molecule has 1 aliphatic carbocycles. The number of ether oxygens (including phenoxy) is 1. The molecule has 2 atom stereocenters. The SMILES string of the molecule is [C-]#[N+]c1ccc(/C(C[C@@H](CC(=O)OCC)C2CC(F)(F)C2)=N\[S@@](=O)C(C)(C)C)cc1. The van der Waals surface area contributed by atoms with E-state index in [4.69, 9.17) is 11.3 Å². The van der Waals surface area contributed by atoms with Crippen LogP contribution in [-0.4, -0.2) is 33.2 Å². The first-order valence-electron chi connectivity index (χ1n) is 9.96. The molecule has 0 amide bonds. The number of carbonyl (C=O) groups is 1. The fraction of sp³-hybridized carbons (Fsp3) is 0.591. The maximum atomic E-state index is 13.5. The minimum atomic E-state index is -2.71. The molecule has 5 nitrogen and oxygen atoms in total. The minimum absolute atomic E-state index is 0.00982. The number of esters is 1. The third-order valence-electron chi connectivity index (χ3n) is 5.02. The highest BCUT2D eigenvalue weighted by molar-refractivity contribution is 7.85. The largest absolute Gasteiger partial charge is 0.466 e. The van der Waals surface area contributed by atoms with E-state index in [-0.39, 0.29) is 44.1 Å². The third kappa shape index (κ3) is 6.69. The van der Waals surface area contributed by atoms with Crippen molar-refractivity contribution in [2.75, 3.05) is 6.61 Å². The number of alkyl halides is 2. The second-order valence-corrected chi connectivity index (χ2v) is 10.5. The van der Waals surface area contributed by atoms with E-state index in [0.29, 0.717) is 17.0 Å². The van der Waals surface area contributed by atoms with E-state index >= 15 is 0 Å². The number of benzene rings is 1. The molecule has 0 heterocycles. The molecule has 1 aromatic rings. The molecule has 30 heavy (non-hydrogen) atoms. The fourth-order valence-electron chi connectivity index (χ4n) is 3.30. The molecule has 2 rings (SSSR count). The Morgan fingerprint density at radius 1 is 1.30 bits per heavy atom. The molecule has 0 radical (unpaired) electrons. The van der Waals surface area contributed by atoms with Gasteiger partial charge >= 0.3 is 5.97 Å². The lowest BCUT2D eigenvalue weighted by molar-refractivity contribution is -0.151. The molecule has 1 fully saturated rings. The van der Waals surface area contributed by atoms with Gasteiger partial charge in [0, 0.05) is 19.3 Å². The Kier molecular flexibility index (Phi) is 7.87. The Morgan fingerprint density at radius 3 is 2.37 bits per heavy atom. The average molecular weight is 439 g/mol. The summed E-state index contributed by atoms with van der Waals surface area (Å²) in [5, 5.41) is 0. The van der Waals surface area contributed by atoms with Gasteiger partial charge in [-0.15, -0.1) is 0 Å². The van der Waals surface area contributed by atoms with Gasteiger partial charge in [-0.1, -0.05) is 24.3 Å². The Morgan fingerprint density at radius 2 is 1.90 bits per heavy atom. The van der Waals surface area contributed by atoms with Crippen LogP contribution in [0.3, 0.4) is 0 Å². The molecule has 1 saturated carbocycles. The van der Waals surface area contributed by atoms with Gasteiger partial charge < -0.3 is 4.74 Å². The second-order valence-electron chi connectivity index (χ2n) is 8.56. The van der Waals surface area contributed by atoms with Gasteiger partial charge in [-0.2, -0.15) is 4.40 Å². The van der Waals surface area contributed by atoms with Crippen LogP contribution in [0.2, 0.25) is 0 Å². The molecule has 1 aromatic carbocycles. The summed E-state index contributed by atoms with van der Waals surface area (Å²) in [6.07, 6.45) is -0.304. The molecule has 0 spiro atoms. The maximum Gasteiger partial charge on any atom is 0.306 e. The van der Waals surface area contributed by atoms with Gasteiger partial charge in [0.1, 0.15) is 11.0 Å². The van der Waals surface area contributed by atoms with Crippen molar-refractivity contribution >= 4 is 28.4 Å². The Hall–Kier alpha value is -2.14. The smallest absolute Gasteiger partial charge is 0.306 e. The fourth-order valence-corrected chi connectivity index (χ4v) is 3.96. The molecule has 0 saturated heterocycles. The zero-order valence-corrected chi connectivity index (χ0v) is 18.6. The van der Waals surface area contributed by atoms with E-state index in [1.165, 1.54) is 0 Å². The van der Waals surface area contributed by atoms with E-state index in [1.807, 2.05) is 0 Å². The van der Waals surface area contributed by atoms with Gasteiger partial charge in [-0.05, 0) is 51.5 Å². The van der Waals surface area contributed by atoms with Crippen molar-refractivity contribution in [3.63, 3.8) is 0 Å². The second kappa shape index (κ2) is 9.78. The first-order chi connectivity index (χ1) is 13.9. The Bertz CT molecular complexity index is 847. The molecule has 0 aliphatic heterocycles. The normalized spacial score (nSPS) is 18.8. The van der Waals surface area contributed by atoms with Gasteiger partial charge in [0.2, 0.25) is 5.92 Å². The van der Waals surface area contributed by atoms with Crippen molar-refractivity contribution in [2.24, 2.45) is 16.2 Å². The van der Waals surface area contributed by atoms with Crippen LogP contribution >= 0.6 is 0 Å². The van der Waals surface area contributed by atoms with Crippen LogP contribution in [0.4, 0.5) is 14.5 Å².